The highest BCUT2D eigenvalue weighted by molar-refractivity contribution is 6.32. The van der Waals surface area contributed by atoms with E-state index in [0.29, 0.717) is 41.8 Å². The normalized spacial score (nSPS) is 11.9. The van der Waals surface area contributed by atoms with Gasteiger partial charge >= 0.3 is 0 Å². The fraction of sp³-hybridized carbons (Fsp3) is 0.375. The van der Waals surface area contributed by atoms with Gasteiger partial charge in [0.25, 0.3) is 0 Å². The molecule has 2 rings (SSSR count). The zero-order valence-corrected chi connectivity index (χ0v) is 19.2. The molecule has 0 aliphatic heterocycles. The molecular formula is C24H30ClNO5. The number of amides is 1. The highest BCUT2D eigenvalue weighted by Crippen LogP contribution is 2.36. The van der Waals surface area contributed by atoms with Crippen molar-refractivity contribution in [3.05, 3.63) is 58.6 Å². The van der Waals surface area contributed by atoms with Crippen molar-refractivity contribution in [3.63, 3.8) is 0 Å². The summed E-state index contributed by atoms with van der Waals surface area (Å²) in [5, 5.41) is 10.3. The standard InChI is InChI=1S/C24H30ClNO5/c1-5-30-21-10-8-7-9-19(21)16-26(15-17(3)27)23(28)12-11-18-13-20(25)24(29-4)22(14-18)31-6-2/h7-14,17,27H,5-6,15-16H2,1-4H3. The maximum absolute atomic E-state index is 12.9. The van der Waals surface area contributed by atoms with Crippen LogP contribution < -0.4 is 14.2 Å². The molecule has 2 aromatic rings. The molecule has 1 atom stereocenters. The predicted octanol–water partition coefficient (Wildman–Crippen LogP) is 4.57. The Morgan fingerprint density at radius 1 is 1.16 bits per heavy atom. The van der Waals surface area contributed by atoms with Gasteiger partial charge in [-0.05, 0) is 50.6 Å². The highest BCUT2D eigenvalue weighted by atomic mass is 35.5. The van der Waals surface area contributed by atoms with E-state index in [4.69, 9.17) is 25.8 Å². The number of hydrogen-bond donors (Lipinski definition) is 1. The second-order valence-corrected chi connectivity index (χ2v) is 7.32. The molecule has 1 N–H and O–H groups in total. The van der Waals surface area contributed by atoms with E-state index in [1.54, 1.807) is 30.0 Å². The largest absolute Gasteiger partial charge is 0.494 e. The Morgan fingerprint density at radius 2 is 1.84 bits per heavy atom. The first-order chi connectivity index (χ1) is 14.9. The lowest BCUT2D eigenvalue weighted by Crippen LogP contribution is -2.35. The fourth-order valence-electron chi connectivity index (χ4n) is 3.11. The second kappa shape index (κ2) is 12.2. The van der Waals surface area contributed by atoms with Crippen molar-refractivity contribution < 1.29 is 24.1 Å². The molecule has 7 heteroatoms. The maximum atomic E-state index is 12.9. The van der Waals surface area contributed by atoms with Gasteiger partial charge < -0.3 is 24.2 Å². The Kier molecular flexibility index (Phi) is 9.69. The van der Waals surface area contributed by atoms with Gasteiger partial charge in [-0.3, -0.25) is 4.79 Å². The first-order valence-corrected chi connectivity index (χ1v) is 10.6. The Bertz CT molecular complexity index is 898. The maximum Gasteiger partial charge on any atom is 0.246 e. The number of halogens is 1. The third-order valence-corrected chi connectivity index (χ3v) is 4.66. The van der Waals surface area contributed by atoms with Crippen LogP contribution in [0.25, 0.3) is 6.08 Å². The lowest BCUT2D eigenvalue weighted by Gasteiger charge is -2.24. The first-order valence-electron chi connectivity index (χ1n) is 10.3. The summed E-state index contributed by atoms with van der Waals surface area (Å²) in [7, 11) is 1.52. The molecular weight excluding hydrogens is 418 g/mol. The van der Waals surface area contributed by atoms with Gasteiger partial charge in [-0.25, -0.2) is 0 Å². The number of methoxy groups -OCH3 is 1. The van der Waals surface area contributed by atoms with Gasteiger partial charge in [0.2, 0.25) is 5.91 Å². The van der Waals surface area contributed by atoms with Crippen molar-refractivity contribution in [2.24, 2.45) is 0 Å². The molecule has 0 bridgehead atoms. The van der Waals surface area contributed by atoms with E-state index in [-0.39, 0.29) is 12.5 Å². The lowest BCUT2D eigenvalue weighted by atomic mass is 10.1. The van der Waals surface area contributed by atoms with Crippen LogP contribution in [0.3, 0.4) is 0 Å². The summed E-state index contributed by atoms with van der Waals surface area (Å²) < 4.78 is 16.5. The van der Waals surface area contributed by atoms with E-state index in [1.807, 2.05) is 38.1 Å². The number of nitrogens with zero attached hydrogens (tertiary/aromatic N) is 1. The summed E-state index contributed by atoms with van der Waals surface area (Å²) in [6.07, 6.45) is 2.45. The first kappa shape index (κ1) is 24.6. The number of aliphatic hydroxyl groups is 1. The Hall–Kier alpha value is -2.70. The van der Waals surface area contributed by atoms with Crippen molar-refractivity contribution >= 4 is 23.6 Å². The van der Waals surface area contributed by atoms with E-state index in [0.717, 1.165) is 11.3 Å². The molecule has 0 aliphatic carbocycles. The molecule has 6 nitrogen and oxygen atoms in total. The van der Waals surface area contributed by atoms with Crippen LogP contribution in [0.5, 0.6) is 17.2 Å². The van der Waals surface area contributed by atoms with Gasteiger partial charge in [-0.1, -0.05) is 29.8 Å². The smallest absolute Gasteiger partial charge is 0.246 e. The second-order valence-electron chi connectivity index (χ2n) is 6.91. The molecule has 0 fully saturated rings. The minimum absolute atomic E-state index is 0.192. The molecule has 2 aromatic carbocycles. The average Bonchev–Trinajstić information content (AvgIpc) is 2.73. The summed E-state index contributed by atoms with van der Waals surface area (Å²) in [4.78, 5) is 14.5. The van der Waals surface area contributed by atoms with Crippen LogP contribution in [-0.2, 0) is 11.3 Å². The van der Waals surface area contributed by atoms with Crippen LogP contribution in [0.1, 0.15) is 31.9 Å². The van der Waals surface area contributed by atoms with Crippen molar-refractivity contribution in [1.29, 1.82) is 0 Å². The number of benzene rings is 2. The molecule has 1 unspecified atom stereocenters. The number of aliphatic hydroxyl groups excluding tert-OH is 1. The molecule has 0 radical (unpaired) electrons. The quantitative estimate of drug-likeness (QED) is 0.511. The number of carbonyl (C=O) groups excluding carboxylic acids is 1. The summed E-state index contributed by atoms with van der Waals surface area (Å²) in [5.74, 6) is 1.45. The van der Waals surface area contributed by atoms with Crippen LogP contribution >= 0.6 is 11.6 Å². The zero-order valence-electron chi connectivity index (χ0n) is 18.4. The number of ether oxygens (including phenoxy) is 3. The minimum Gasteiger partial charge on any atom is -0.494 e. The number of rotatable bonds is 11. The van der Waals surface area contributed by atoms with Crippen LogP contribution in [0, 0.1) is 0 Å². The van der Waals surface area contributed by atoms with Crippen molar-refractivity contribution in [2.45, 2.75) is 33.4 Å². The number of hydrogen-bond acceptors (Lipinski definition) is 5. The topological polar surface area (TPSA) is 68.2 Å². The van der Waals surface area contributed by atoms with Gasteiger partial charge in [-0.15, -0.1) is 0 Å². The molecule has 0 spiro atoms. The fourth-order valence-corrected chi connectivity index (χ4v) is 3.40. The SMILES string of the molecule is CCOc1ccccc1CN(CC(C)O)C(=O)C=Cc1cc(Cl)c(OC)c(OCC)c1. The van der Waals surface area contributed by atoms with Crippen molar-refractivity contribution in [1.82, 2.24) is 4.90 Å². The lowest BCUT2D eigenvalue weighted by molar-refractivity contribution is -0.127. The molecule has 1 amide bonds. The number of para-hydroxylation sites is 1. The highest BCUT2D eigenvalue weighted by Gasteiger charge is 2.17. The van der Waals surface area contributed by atoms with Gasteiger partial charge in [0.15, 0.2) is 11.5 Å². The van der Waals surface area contributed by atoms with Gasteiger partial charge in [0.05, 0.1) is 31.5 Å². The molecule has 168 valence electrons. The molecule has 0 aromatic heterocycles. The van der Waals surface area contributed by atoms with E-state index < -0.39 is 6.10 Å². The van der Waals surface area contributed by atoms with Gasteiger partial charge in [0, 0.05) is 24.7 Å². The Balaban J connectivity index is 2.25. The molecule has 31 heavy (non-hydrogen) atoms. The average molecular weight is 448 g/mol. The van der Waals surface area contributed by atoms with E-state index in [1.165, 1.54) is 13.2 Å². The number of carbonyl (C=O) groups is 1. The third kappa shape index (κ3) is 7.19. The van der Waals surface area contributed by atoms with Gasteiger partial charge in [-0.2, -0.15) is 0 Å². The third-order valence-electron chi connectivity index (χ3n) is 4.38. The Morgan fingerprint density at radius 3 is 2.48 bits per heavy atom. The van der Waals surface area contributed by atoms with Gasteiger partial charge in [0.1, 0.15) is 5.75 Å². The van der Waals surface area contributed by atoms with Crippen molar-refractivity contribution in [2.75, 3.05) is 26.9 Å². The summed E-state index contributed by atoms with van der Waals surface area (Å²) in [6, 6.07) is 11.0. The molecule has 0 heterocycles. The van der Waals surface area contributed by atoms with E-state index >= 15 is 0 Å². The predicted molar refractivity (Wildman–Crippen MR) is 123 cm³/mol. The van der Waals surface area contributed by atoms with E-state index in [2.05, 4.69) is 0 Å². The summed E-state index contributed by atoms with van der Waals surface area (Å²) in [6.45, 7) is 6.93. The summed E-state index contributed by atoms with van der Waals surface area (Å²) in [5.41, 5.74) is 1.58. The van der Waals surface area contributed by atoms with Crippen LogP contribution in [-0.4, -0.2) is 48.9 Å². The molecule has 0 saturated heterocycles. The van der Waals surface area contributed by atoms with Crippen LogP contribution in [0.4, 0.5) is 0 Å². The monoisotopic (exact) mass is 447 g/mol. The zero-order chi connectivity index (χ0) is 22.8. The van der Waals surface area contributed by atoms with E-state index in [9.17, 15) is 9.90 Å². The molecule has 0 aliphatic rings. The Labute approximate surface area is 189 Å². The summed E-state index contributed by atoms with van der Waals surface area (Å²) >= 11 is 6.29. The minimum atomic E-state index is -0.670. The van der Waals surface area contributed by atoms with Crippen molar-refractivity contribution in [3.8, 4) is 17.2 Å². The molecule has 0 saturated carbocycles. The van der Waals surface area contributed by atoms with Crippen LogP contribution in [0.2, 0.25) is 5.02 Å². The van der Waals surface area contributed by atoms with Crippen LogP contribution in [0.15, 0.2) is 42.5 Å².